The topological polar surface area (TPSA) is 197 Å². The Hall–Kier alpha value is -2.67. The molecular formula is C22H35N5O6S. The van der Waals surface area contributed by atoms with Gasteiger partial charge in [-0.15, -0.1) is 0 Å². The number of amides is 3. The number of aliphatic hydroxyl groups is 1. The van der Waals surface area contributed by atoms with E-state index in [4.69, 9.17) is 11.5 Å². The van der Waals surface area contributed by atoms with E-state index >= 15 is 0 Å². The van der Waals surface area contributed by atoms with Crippen LogP contribution in [-0.2, 0) is 25.6 Å². The lowest BCUT2D eigenvalue weighted by molar-refractivity contribution is -0.145. The van der Waals surface area contributed by atoms with Crippen molar-refractivity contribution in [2.24, 2.45) is 11.5 Å². The number of nitrogens with two attached hydrogens (primary N) is 2. The van der Waals surface area contributed by atoms with Crippen LogP contribution in [0.15, 0.2) is 30.3 Å². The summed E-state index contributed by atoms with van der Waals surface area (Å²) in [7, 11) is 0. The van der Waals surface area contributed by atoms with Gasteiger partial charge in [0.25, 0.3) is 0 Å². The molecular weight excluding hydrogens is 462 g/mol. The number of unbranched alkanes of at least 4 members (excludes halogenated alkanes) is 1. The molecule has 0 heterocycles. The number of carbonyl (C=O) groups is 4. The van der Waals surface area contributed by atoms with Crippen LogP contribution in [0.2, 0.25) is 0 Å². The minimum absolute atomic E-state index is 0.0520. The molecule has 190 valence electrons. The van der Waals surface area contributed by atoms with Gasteiger partial charge < -0.3 is 37.6 Å². The predicted octanol–water partition coefficient (Wildman–Crippen LogP) is -1.46. The molecule has 0 aliphatic rings. The molecule has 0 fully saturated rings. The first-order valence-electron chi connectivity index (χ1n) is 11.0. The van der Waals surface area contributed by atoms with Gasteiger partial charge in [0.2, 0.25) is 17.7 Å². The van der Waals surface area contributed by atoms with Crippen molar-refractivity contribution in [3.8, 4) is 0 Å². The standard InChI is InChI=1S/C22H35N5O6S/c1-13(28)18(22(32)33)27-20(30)16(11-14-7-3-2-4-8-14)25-21(31)17(12-34)26-19(29)15(24)9-5-6-10-23/h2-4,7-8,13,15-18,28,34H,5-6,9-12,23-24H2,1H3,(H,25,31)(H,26,29)(H,27,30)(H,32,33). The van der Waals surface area contributed by atoms with E-state index in [2.05, 4.69) is 28.6 Å². The molecule has 0 bridgehead atoms. The van der Waals surface area contributed by atoms with Gasteiger partial charge >= 0.3 is 5.97 Å². The summed E-state index contributed by atoms with van der Waals surface area (Å²) in [5.41, 5.74) is 12.0. The summed E-state index contributed by atoms with van der Waals surface area (Å²) in [6.07, 6.45) is 0.475. The number of hydrogen-bond acceptors (Lipinski definition) is 8. The van der Waals surface area contributed by atoms with Crippen molar-refractivity contribution in [1.82, 2.24) is 16.0 Å². The van der Waals surface area contributed by atoms with E-state index < -0.39 is 54.0 Å². The molecule has 0 radical (unpaired) electrons. The number of benzene rings is 1. The highest BCUT2D eigenvalue weighted by Gasteiger charge is 2.31. The average Bonchev–Trinajstić information content (AvgIpc) is 2.80. The number of aliphatic hydroxyl groups excluding tert-OH is 1. The molecule has 3 amide bonds. The number of nitrogens with one attached hydrogen (secondary N) is 3. The van der Waals surface area contributed by atoms with E-state index in [-0.39, 0.29) is 12.2 Å². The molecule has 1 aromatic rings. The molecule has 12 heteroatoms. The maximum atomic E-state index is 12.9. The second kappa shape index (κ2) is 15.3. The minimum atomic E-state index is -1.56. The van der Waals surface area contributed by atoms with Crippen molar-refractivity contribution >= 4 is 36.3 Å². The molecule has 0 aliphatic heterocycles. The summed E-state index contributed by atoms with van der Waals surface area (Å²) in [5.74, 6) is -3.49. The van der Waals surface area contributed by atoms with Gasteiger partial charge in [0.15, 0.2) is 6.04 Å². The van der Waals surface area contributed by atoms with E-state index in [0.717, 1.165) is 6.42 Å². The normalized spacial score (nSPS) is 15.3. The molecule has 5 atom stereocenters. The van der Waals surface area contributed by atoms with Crippen LogP contribution >= 0.6 is 12.6 Å². The Morgan fingerprint density at radius 2 is 1.56 bits per heavy atom. The second-order valence-electron chi connectivity index (χ2n) is 7.95. The Bertz CT molecular complexity index is 810. The fourth-order valence-corrected chi connectivity index (χ4v) is 3.34. The van der Waals surface area contributed by atoms with Crippen LogP contribution in [0, 0.1) is 0 Å². The largest absolute Gasteiger partial charge is 0.480 e. The Labute approximate surface area is 204 Å². The van der Waals surface area contributed by atoms with Crippen molar-refractivity contribution in [3.63, 3.8) is 0 Å². The zero-order valence-electron chi connectivity index (χ0n) is 19.1. The number of carbonyl (C=O) groups excluding carboxylic acids is 3. The highest BCUT2D eigenvalue weighted by Crippen LogP contribution is 2.06. The summed E-state index contributed by atoms with van der Waals surface area (Å²) >= 11 is 4.12. The number of aliphatic carboxylic acids is 1. The fraction of sp³-hybridized carbons (Fsp3) is 0.545. The summed E-state index contributed by atoms with van der Waals surface area (Å²) in [6.45, 7) is 1.71. The van der Waals surface area contributed by atoms with Crippen LogP contribution < -0.4 is 27.4 Å². The minimum Gasteiger partial charge on any atom is -0.480 e. The van der Waals surface area contributed by atoms with Crippen molar-refractivity contribution in [2.75, 3.05) is 12.3 Å². The highest BCUT2D eigenvalue weighted by molar-refractivity contribution is 7.80. The third-order valence-corrected chi connectivity index (χ3v) is 5.45. The second-order valence-corrected chi connectivity index (χ2v) is 8.32. The SMILES string of the molecule is CC(O)C(NC(=O)C(Cc1ccccc1)NC(=O)C(CS)NC(=O)C(N)CCCCN)C(=O)O. The van der Waals surface area contributed by atoms with Crippen molar-refractivity contribution in [3.05, 3.63) is 35.9 Å². The first-order chi connectivity index (χ1) is 16.1. The van der Waals surface area contributed by atoms with Crippen molar-refractivity contribution in [2.45, 2.75) is 62.9 Å². The van der Waals surface area contributed by atoms with Crippen LogP contribution in [-0.4, -0.2) is 76.5 Å². The van der Waals surface area contributed by atoms with Crippen LogP contribution in [0.5, 0.6) is 0 Å². The number of thiol groups is 1. The molecule has 0 spiro atoms. The van der Waals surface area contributed by atoms with Gasteiger partial charge in [-0.05, 0) is 31.9 Å². The zero-order valence-corrected chi connectivity index (χ0v) is 20.0. The highest BCUT2D eigenvalue weighted by atomic mass is 32.1. The quantitative estimate of drug-likeness (QED) is 0.106. The number of hydrogen-bond donors (Lipinski definition) is 8. The van der Waals surface area contributed by atoms with Crippen LogP contribution in [0.4, 0.5) is 0 Å². The smallest absolute Gasteiger partial charge is 0.328 e. The van der Waals surface area contributed by atoms with Gasteiger partial charge in [0, 0.05) is 12.2 Å². The maximum absolute atomic E-state index is 12.9. The van der Waals surface area contributed by atoms with E-state index in [1.165, 1.54) is 6.92 Å². The molecule has 1 rings (SSSR count). The van der Waals surface area contributed by atoms with Crippen LogP contribution in [0.3, 0.4) is 0 Å². The zero-order chi connectivity index (χ0) is 25.7. The molecule has 0 aliphatic carbocycles. The van der Waals surface area contributed by atoms with Crippen molar-refractivity contribution in [1.29, 1.82) is 0 Å². The molecule has 1 aromatic carbocycles. The first kappa shape index (κ1) is 29.4. The van der Waals surface area contributed by atoms with Gasteiger partial charge in [-0.25, -0.2) is 4.79 Å². The molecule has 0 saturated carbocycles. The van der Waals surface area contributed by atoms with E-state index in [1.54, 1.807) is 30.3 Å². The van der Waals surface area contributed by atoms with Gasteiger partial charge in [-0.3, -0.25) is 14.4 Å². The summed E-state index contributed by atoms with van der Waals surface area (Å²) < 4.78 is 0. The lowest BCUT2D eigenvalue weighted by atomic mass is 10.0. The Morgan fingerprint density at radius 1 is 0.971 bits per heavy atom. The van der Waals surface area contributed by atoms with Crippen LogP contribution in [0.25, 0.3) is 0 Å². The van der Waals surface area contributed by atoms with Gasteiger partial charge in [-0.1, -0.05) is 36.8 Å². The predicted molar refractivity (Wildman–Crippen MR) is 130 cm³/mol. The first-order valence-corrected chi connectivity index (χ1v) is 11.7. The number of carboxylic acid groups (broad SMARTS) is 1. The molecule has 9 N–H and O–H groups in total. The molecule has 5 unspecified atom stereocenters. The van der Waals surface area contributed by atoms with E-state index in [9.17, 15) is 29.4 Å². The lowest BCUT2D eigenvalue weighted by Gasteiger charge is -2.25. The van der Waals surface area contributed by atoms with Gasteiger partial charge in [-0.2, -0.15) is 12.6 Å². The third kappa shape index (κ3) is 10.1. The summed E-state index contributed by atoms with van der Waals surface area (Å²) in [4.78, 5) is 49.5. The van der Waals surface area contributed by atoms with Crippen LogP contribution in [0.1, 0.15) is 31.7 Å². The number of carboxylic acids is 1. The monoisotopic (exact) mass is 497 g/mol. The molecule has 34 heavy (non-hydrogen) atoms. The lowest BCUT2D eigenvalue weighted by Crippen LogP contribution is -2.59. The fourth-order valence-electron chi connectivity index (χ4n) is 3.09. The van der Waals surface area contributed by atoms with Crippen molar-refractivity contribution < 1.29 is 29.4 Å². The Balaban J connectivity index is 2.94. The molecule has 0 saturated heterocycles. The van der Waals surface area contributed by atoms with Gasteiger partial charge in [0.1, 0.15) is 12.1 Å². The Morgan fingerprint density at radius 3 is 2.09 bits per heavy atom. The third-order valence-electron chi connectivity index (χ3n) is 5.08. The van der Waals surface area contributed by atoms with Gasteiger partial charge in [0.05, 0.1) is 12.1 Å². The Kier molecular flexibility index (Phi) is 13.2. The van der Waals surface area contributed by atoms with E-state index in [1.807, 2.05) is 0 Å². The van der Waals surface area contributed by atoms with E-state index in [0.29, 0.717) is 24.9 Å². The summed E-state index contributed by atoms with van der Waals surface area (Å²) in [6, 6.07) is 4.15. The number of rotatable bonds is 15. The average molecular weight is 498 g/mol. The molecule has 11 nitrogen and oxygen atoms in total. The molecule has 0 aromatic heterocycles. The maximum Gasteiger partial charge on any atom is 0.328 e. The summed E-state index contributed by atoms with van der Waals surface area (Å²) in [5, 5.41) is 26.3.